The van der Waals surface area contributed by atoms with E-state index in [0.717, 1.165) is 19.4 Å². The Morgan fingerprint density at radius 1 is 1.16 bits per heavy atom. The molecule has 6 atom stereocenters. The molecule has 0 aromatic rings. The van der Waals surface area contributed by atoms with Gasteiger partial charge in [-0.25, -0.2) is 0 Å². The SMILES string of the molecule is CC(CCN1CC(OC(F)F)C1)[C@H]1CC[C@H]2C(=CC=C3C[C@@H](O)C[C@H](O)C3)CCC[C@]12C. The average molecular weight is 454 g/mol. The monoisotopic (exact) mass is 453 g/mol. The third-order valence-electron chi connectivity index (χ3n) is 8.92. The predicted octanol–water partition coefficient (Wildman–Crippen LogP) is 4.91. The van der Waals surface area contributed by atoms with Gasteiger partial charge < -0.3 is 14.9 Å². The molecule has 0 aromatic carbocycles. The van der Waals surface area contributed by atoms with Crippen LogP contribution >= 0.6 is 0 Å². The summed E-state index contributed by atoms with van der Waals surface area (Å²) in [6.07, 6.45) is 12.5. The normalized spacial score (nSPS) is 38.7. The molecule has 4 nitrogen and oxygen atoms in total. The molecule has 1 heterocycles. The van der Waals surface area contributed by atoms with E-state index in [1.54, 1.807) is 5.57 Å². The molecule has 6 heteroatoms. The molecule has 4 rings (SSSR count). The number of halogens is 2. The Kier molecular flexibility index (Phi) is 7.75. The minimum Gasteiger partial charge on any atom is -0.393 e. The van der Waals surface area contributed by atoms with Gasteiger partial charge in [-0.1, -0.05) is 37.1 Å². The molecule has 32 heavy (non-hydrogen) atoms. The molecule has 0 amide bonds. The van der Waals surface area contributed by atoms with E-state index in [1.807, 2.05) is 0 Å². The molecule has 4 fully saturated rings. The first-order chi connectivity index (χ1) is 15.2. The highest BCUT2D eigenvalue weighted by Gasteiger charge is 2.50. The zero-order valence-corrected chi connectivity index (χ0v) is 19.7. The van der Waals surface area contributed by atoms with Gasteiger partial charge in [-0.3, -0.25) is 4.90 Å². The van der Waals surface area contributed by atoms with Gasteiger partial charge in [-0.05, 0) is 87.5 Å². The van der Waals surface area contributed by atoms with Crippen molar-refractivity contribution in [2.45, 2.75) is 96.6 Å². The number of rotatable bonds is 7. The Morgan fingerprint density at radius 3 is 2.56 bits per heavy atom. The van der Waals surface area contributed by atoms with Gasteiger partial charge in [0.15, 0.2) is 0 Å². The third-order valence-corrected chi connectivity index (χ3v) is 8.92. The fraction of sp³-hybridized carbons (Fsp3) is 0.846. The highest BCUT2D eigenvalue weighted by atomic mass is 19.3. The first kappa shape index (κ1) is 24.3. The van der Waals surface area contributed by atoms with Crippen molar-refractivity contribution in [1.82, 2.24) is 4.90 Å². The Morgan fingerprint density at radius 2 is 1.88 bits per heavy atom. The summed E-state index contributed by atoms with van der Waals surface area (Å²) in [6.45, 7) is 4.46. The zero-order valence-electron chi connectivity index (χ0n) is 19.7. The maximum Gasteiger partial charge on any atom is 0.345 e. The summed E-state index contributed by atoms with van der Waals surface area (Å²) >= 11 is 0. The van der Waals surface area contributed by atoms with Crippen LogP contribution < -0.4 is 0 Å². The van der Waals surface area contributed by atoms with E-state index in [4.69, 9.17) is 0 Å². The number of aliphatic hydroxyl groups is 2. The maximum atomic E-state index is 12.3. The fourth-order valence-electron chi connectivity index (χ4n) is 7.27. The molecule has 0 bridgehead atoms. The van der Waals surface area contributed by atoms with E-state index in [0.29, 0.717) is 55.5 Å². The van der Waals surface area contributed by atoms with Crippen molar-refractivity contribution in [3.8, 4) is 0 Å². The molecule has 1 unspecified atom stereocenters. The van der Waals surface area contributed by atoms with E-state index >= 15 is 0 Å². The number of hydrogen-bond donors (Lipinski definition) is 2. The van der Waals surface area contributed by atoms with Gasteiger partial charge in [0.05, 0.1) is 18.3 Å². The number of nitrogens with zero attached hydrogens (tertiary/aromatic N) is 1. The quantitative estimate of drug-likeness (QED) is 0.575. The maximum absolute atomic E-state index is 12.3. The molecular formula is C26H41F2NO3. The lowest BCUT2D eigenvalue weighted by atomic mass is 9.61. The number of hydrogen-bond acceptors (Lipinski definition) is 4. The van der Waals surface area contributed by atoms with Gasteiger partial charge in [0, 0.05) is 13.1 Å². The topological polar surface area (TPSA) is 52.9 Å². The van der Waals surface area contributed by atoms with Crippen molar-refractivity contribution in [2.24, 2.45) is 23.2 Å². The van der Waals surface area contributed by atoms with E-state index in [1.165, 1.54) is 31.3 Å². The van der Waals surface area contributed by atoms with Crippen molar-refractivity contribution in [3.63, 3.8) is 0 Å². The van der Waals surface area contributed by atoms with Crippen molar-refractivity contribution in [2.75, 3.05) is 19.6 Å². The van der Waals surface area contributed by atoms with E-state index in [9.17, 15) is 19.0 Å². The predicted molar refractivity (Wildman–Crippen MR) is 121 cm³/mol. The molecule has 0 spiro atoms. The zero-order chi connectivity index (χ0) is 22.9. The molecule has 1 aliphatic heterocycles. The third kappa shape index (κ3) is 5.45. The summed E-state index contributed by atoms with van der Waals surface area (Å²) in [5, 5.41) is 19.9. The van der Waals surface area contributed by atoms with Crippen LogP contribution in [0.2, 0.25) is 0 Å². The molecule has 2 N–H and O–H groups in total. The summed E-state index contributed by atoms with van der Waals surface area (Å²) in [5.41, 5.74) is 3.07. The standard InChI is InChI=1S/C26H41F2NO3/c1-17(9-11-29-15-22(16-29)32-25(27)28)23-7-8-24-19(4-3-10-26(23,24)2)6-5-18-12-20(30)14-21(31)13-18/h5-6,17,20-25,30-31H,3-4,7-16H2,1-2H3/t17?,20-,21-,23-,24+,26-/m1/s1. The Bertz CT molecular complexity index is 693. The summed E-state index contributed by atoms with van der Waals surface area (Å²) in [7, 11) is 0. The van der Waals surface area contributed by atoms with Crippen LogP contribution in [0.4, 0.5) is 8.78 Å². The second-order valence-corrected chi connectivity index (χ2v) is 11.2. The average Bonchev–Trinajstić information content (AvgIpc) is 3.04. The molecule has 0 radical (unpaired) electrons. The molecule has 4 aliphatic rings. The number of alkyl halides is 2. The summed E-state index contributed by atoms with van der Waals surface area (Å²) in [4.78, 5) is 2.24. The largest absolute Gasteiger partial charge is 0.393 e. The Hall–Kier alpha value is -0.820. The second kappa shape index (κ2) is 10.2. The van der Waals surface area contributed by atoms with E-state index < -0.39 is 18.8 Å². The number of ether oxygens (including phenoxy) is 1. The summed E-state index contributed by atoms with van der Waals surface area (Å²) in [5.74, 6) is 1.96. The highest BCUT2D eigenvalue weighted by molar-refractivity contribution is 5.26. The van der Waals surface area contributed by atoms with Crippen molar-refractivity contribution in [1.29, 1.82) is 0 Å². The van der Waals surface area contributed by atoms with Crippen LogP contribution in [0.25, 0.3) is 0 Å². The molecular weight excluding hydrogens is 412 g/mol. The van der Waals surface area contributed by atoms with Crippen LogP contribution in [0.15, 0.2) is 23.3 Å². The Balaban J connectivity index is 1.33. The lowest BCUT2D eigenvalue weighted by Crippen LogP contribution is -2.53. The van der Waals surface area contributed by atoms with Crippen LogP contribution in [0.1, 0.15) is 71.6 Å². The van der Waals surface area contributed by atoms with Gasteiger partial charge in [-0.15, -0.1) is 0 Å². The minimum atomic E-state index is -2.66. The lowest BCUT2D eigenvalue weighted by molar-refractivity contribution is -0.196. The van der Waals surface area contributed by atoms with Crippen LogP contribution in [0.5, 0.6) is 0 Å². The van der Waals surface area contributed by atoms with Crippen molar-refractivity contribution in [3.05, 3.63) is 23.3 Å². The number of fused-ring (bicyclic) bond motifs is 1. The molecule has 0 aromatic heterocycles. The van der Waals surface area contributed by atoms with Crippen molar-refractivity contribution < 1.29 is 23.7 Å². The smallest absolute Gasteiger partial charge is 0.345 e. The van der Waals surface area contributed by atoms with Gasteiger partial charge in [0.25, 0.3) is 0 Å². The van der Waals surface area contributed by atoms with Crippen LogP contribution in [0.3, 0.4) is 0 Å². The second-order valence-electron chi connectivity index (χ2n) is 11.2. The van der Waals surface area contributed by atoms with Crippen LogP contribution in [-0.4, -0.2) is 59.7 Å². The van der Waals surface area contributed by atoms with Crippen molar-refractivity contribution >= 4 is 0 Å². The van der Waals surface area contributed by atoms with Gasteiger partial charge in [0.1, 0.15) is 0 Å². The lowest BCUT2D eigenvalue weighted by Gasteiger charge is -2.45. The highest BCUT2D eigenvalue weighted by Crippen LogP contribution is 2.59. The summed E-state index contributed by atoms with van der Waals surface area (Å²) < 4.78 is 29.2. The van der Waals surface area contributed by atoms with Crippen LogP contribution in [0, 0.1) is 23.2 Å². The Labute approximate surface area is 191 Å². The molecule has 182 valence electrons. The first-order valence-electron chi connectivity index (χ1n) is 12.6. The molecule has 3 saturated carbocycles. The summed E-state index contributed by atoms with van der Waals surface area (Å²) in [6, 6.07) is 0. The van der Waals surface area contributed by atoms with Gasteiger partial charge >= 0.3 is 6.61 Å². The van der Waals surface area contributed by atoms with Crippen LogP contribution in [-0.2, 0) is 4.74 Å². The fourth-order valence-corrected chi connectivity index (χ4v) is 7.27. The molecule has 1 saturated heterocycles. The first-order valence-corrected chi connectivity index (χ1v) is 12.6. The van der Waals surface area contributed by atoms with Gasteiger partial charge in [0.2, 0.25) is 0 Å². The molecule has 3 aliphatic carbocycles. The minimum absolute atomic E-state index is 0.301. The van der Waals surface area contributed by atoms with E-state index in [2.05, 4.69) is 35.6 Å². The number of aliphatic hydroxyl groups excluding tert-OH is 2. The van der Waals surface area contributed by atoms with Gasteiger partial charge in [-0.2, -0.15) is 8.78 Å². The number of allylic oxidation sites excluding steroid dienone is 3. The van der Waals surface area contributed by atoms with E-state index in [-0.39, 0.29) is 6.10 Å². The number of likely N-dealkylation sites (tertiary alicyclic amines) is 1.